The molecule has 2 heterocycles. The number of carboxylic acid groups (broad SMARTS) is 1. The highest BCUT2D eigenvalue weighted by atomic mass is 19.4. The van der Waals surface area contributed by atoms with E-state index in [0.717, 1.165) is 25.2 Å². The molecule has 0 radical (unpaired) electrons. The van der Waals surface area contributed by atoms with E-state index in [-0.39, 0.29) is 35.6 Å². The fourth-order valence-corrected chi connectivity index (χ4v) is 2.08. The summed E-state index contributed by atoms with van der Waals surface area (Å²) in [7, 11) is 0. The van der Waals surface area contributed by atoms with Gasteiger partial charge >= 0.3 is 18.5 Å². The molecule has 1 amide bonds. The van der Waals surface area contributed by atoms with E-state index in [0.29, 0.717) is 5.39 Å². The Morgan fingerprint density at radius 1 is 1.23 bits per heavy atom. The Labute approximate surface area is 163 Å². The van der Waals surface area contributed by atoms with E-state index in [2.05, 4.69) is 25.8 Å². The Morgan fingerprint density at radius 3 is 2.37 bits per heavy atom. The van der Waals surface area contributed by atoms with Crippen LogP contribution in [0, 0.1) is 0 Å². The Hall–Kier alpha value is -3.23. The molecule has 0 spiro atoms. The quantitative estimate of drug-likeness (QED) is 0.515. The van der Waals surface area contributed by atoms with Crippen LogP contribution in [0.4, 0.5) is 32.2 Å². The monoisotopic (exact) mass is 444 g/mol. The van der Waals surface area contributed by atoms with Gasteiger partial charge in [-0.3, -0.25) is 4.79 Å². The summed E-state index contributed by atoms with van der Waals surface area (Å²) in [5.41, 5.74) is 0.283. The summed E-state index contributed by atoms with van der Waals surface area (Å²) in [6.45, 7) is 1.37. The number of carbonyl (C=O) groups excluding carboxylic acids is 1. The Bertz CT molecular complexity index is 894. The molecule has 0 aliphatic carbocycles. The summed E-state index contributed by atoms with van der Waals surface area (Å²) in [5, 5.41) is 19.7. The molecular weight excluding hydrogens is 430 g/mol. The standard InChI is InChI=1S/C13H13F3N4O3.C2HF3O2/c14-13(15,16)22-8-1-2-10-9(3-8)12(20-23-10)18-6-11(21)19-7-4-17-5-7;3-2(4,5)1(6)7/h1-3,7,17H,4-6H2,(H,18,20)(H,19,21);(H,6,7). The number of carboxylic acids is 1. The number of ether oxygens (including phenoxy) is 1. The molecule has 4 N–H and O–H groups in total. The summed E-state index contributed by atoms with van der Waals surface area (Å²) in [5.74, 6) is -3.21. The number of aromatic nitrogens is 1. The lowest BCUT2D eigenvalue weighted by atomic mass is 10.2. The van der Waals surface area contributed by atoms with Crippen LogP contribution in [0.1, 0.15) is 0 Å². The van der Waals surface area contributed by atoms with Gasteiger partial charge in [-0.25, -0.2) is 4.79 Å². The maximum atomic E-state index is 12.2. The number of nitrogens with zero attached hydrogens (tertiary/aromatic N) is 1. The SMILES string of the molecule is O=C(CNc1noc2ccc(OC(F)(F)F)cc12)NC1CNC1.O=C(O)C(F)(F)F. The molecule has 1 fully saturated rings. The molecule has 0 atom stereocenters. The number of benzene rings is 1. The van der Waals surface area contributed by atoms with Crippen LogP contribution in [0.25, 0.3) is 11.0 Å². The number of hydrogen-bond donors (Lipinski definition) is 4. The molecule has 1 aliphatic rings. The van der Waals surface area contributed by atoms with E-state index >= 15 is 0 Å². The Balaban J connectivity index is 0.000000396. The molecule has 2 aromatic rings. The molecule has 1 aromatic heterocycles. The second kappa shape index (κ2) is 9.06. The van der Waals surface area contributed by atoms with Crippen molar-refractivity contribution in [2.75, 3.05) is 25.0 Å². The van der Waals surface area contributed by atoms with Gasteiger partial charge in [-0.05, 0) is 18.2 Å². The second-order valence-electron chi connectivity index (χ2n) is 5.82. The summed E-state index contributed by atoms with van der Waals surface area (Å²) in [6.07, 6.45) is -9.87. The maximum absolute atomic E-state index is 12.2. The minimum atomic E-state index is -5.08. The summed E-state index contributed by atoms with van der Waals surface area (Å²) < 4.78 is 77.3. The summed E-state index contributed by atoms with van der Waals surface area (Å²) in [4.78, 5) is 20.6. The average molecular weight is 444 g/mol. The Kier molecular flexibility index (Phi) is 6.96. The largest absolute Gasteiger partial charge is 0.573 e. The van der Waals surface area contributed by atoms with Gasteiger partial charge in [0, 0.05) is 13.1 Å². The lowest BCUT2D eigenvalue weighted by Crippen LogP contribution is -2.57. The zero-order valence-electron chi connectivity index (χ0n) is 14.7. The van der Waals surface area contributed by atoms with Gasteiger partial charge in [-0.2, -0.15) is 13.2 Å². The van der Waals surface area contributed by atoms with Crippen LogP contribution in [0.15, 0.2) is 22.7 Å². The number of fused-ring (bicyclic) bond motifs is 1. The van der Waals surface area contributed by atoms with Crippen LogP contribution < -0.4 is 20.7 Å². The van der Waals surface area contributed by atoms with Crippen molar-refractivity contribution in [3.63, 3.8) is 0 Å². The predicted molar refractivity (Wildman–Crippen MR) is 87.7 cm³/mol. The van der Waals surface area contributed by atoms with Crippen LogP contribution in [0.2, 0.25) is 0 Å². The van der Waals surface area contributed by atoms with Gasteiger partial charge in [-0.1, -0.05) is 5.16 Å². The zero-order chi connectivity index (χ0) is 22.5. The molecular formula is C15H14F6N4O5. The smallest absolute Gasteiger partial charge is 0.475 e. The number of amides is 1. The fraction of sp³-hybridized carbons (Fsp3) is 0.400. The van der Waals surface area contributed by atoms with Crippen LogP contribution in [0.3, 0.4) is 0 Å². The van der Waals surface area contributed by atoms with Gasteiger partial charge in [0.25, 0.3) is 0 Å². The van der Waals surface area contributed by atoms with Gasteiger partial charge in [0.05, 0.1) is 18.0 Å². The highest BCUT2D eigenvalue weighted by molar-refractivity contribution is 5.91. The molecule has 3 rings (SSSR count). The van der Waals surface area contributed by atoms with Gasteiger partial charge in [0.2, 0.25) is 5.91 Å². The molecule has 15 heteroatoms. The lowest BCUT2D eigenvalue weighted by molar-refractivity contribution is -0.274. The summed E-state index contributed by atoms with van der Waals surface area (Å²) in [6, 6.07) is 3.69. The van der Waals surface area contributed by atoms with Crippen molar-refractivity contribution in [3.8, 4) is 5.75 Å². The number of carbonyl (C=O) groups is 2. The molecule has 1 aromatic carbocycles. The third-order valence-corrected chi connectivity index (χ3v) is 3.48. The van der Waals surface area contributed by atoms with Crippen LogP contribution in [0.5, 0.6) is 5.75 Å². The highest BCUT2D eigenvalue weighted by Gasteiger charge is 2.38. The Morgan fingerprint density at radius 2 is 1.87 bits per heavy atom. The number of nitrogens with one attached hydrogen (secondary N) is 3. The topological polar surface area (TPSA) is 126 Å². The van der Waals surface area contributed by atoms with E-state index < -0.39 is 18.5 Å². The normalized spacial score (nSPS) is 14.3. The maximum Gasteiger partial charge on any atom is 0.573 e. The van der Waals surface area contributed by atoms with Crippen molar-refractivity contribution < 1.29 is 50.3 Å². The van der Waals surface area contributed by atoms with Gasteiger partial charge in [0.1, 0.15) is 5.75 Å². The van der Waals surface area contributed by atoms with Crippen LogP contribution in [-0.2, 0) is 9.59 Å². The first-order valence-electron chi connectivity index (χ1n) is 8.04. The van der Waals surface area contributed by atoms with E-state index in [9.17, 15) is 31.1 Å². The van der Waals surface area contributed by atoms with Crippen molar-refractivity contribution in [1.82, 2.24) is 15.8 Å². The first-order valence-corrected chi connectivity index (χ1v) is 8.04. The molecule has 0 saturated carbocycles. The predicted octanol–water partition coefficient (Wildman–Crippen LogP) is 1.86. The number of alkyl halides is 6. The molecule has 0 bridgehead atoms. The average Bonchev–Trinajstić information content (AvgIpc) is 2.97. The first kappa shape index (κ1) is 23.1. The van der Waals surface area contributed by atoms with Crippen molar-refractivity contribution in [2.45, 2.75) is 18.6 Å². The number of anilines is 1. The van der Waals surface area contributed by atoms with Crippen molar-refractivity contribution in [3.05, 3.63) is 18.2 Å². The van der Waals surface area contributed by atoms with Gasteiger partial charge in [0.15, 0.2) is 11.4 Å². The van der Waals surface area contributed by atoms with E-state index in [4.69, 9.17) is 14.4 Å². The third kappa shape index (κ3) is 6.98. The number of halogens is 6. The molecule has 0 unspecified atom stereocenters. The number of hydrogen-bond acceptors (Lipinski definition) is 7. The number of rotatable bonds is 5. The zero-order valence-corrected chi connectivity index (χ0v) is 14.7. The van der Waals surface area contributed by atoms with E-state index in [1.165, 1.54) is 6.07 Å². The van der Waals surface area contributed by atoms with Crippen molar-refractivity contribution >= 4 is 28.7 Å². The summed E-state index contributed by atoms with van der Waals surface area (Å²) >= 11 is 0. The number of aliphatic carboxylic acids is 1. The van der Waals surface area contributed by atoms with Gasteiger partial charge < -0.3 is 30.3 Å². The van der Waals surface area contributed by atoms with Crippen LogP contribution in [-0.4, -0.2) is 60.4 Å². The van der Waals surface area contributed by atoms with Gasteiger partial charge in [-0.15, -0.1) is 13.2 Å². The van der Waals surface area contributed by atoms with Crippen molar-refractivity contribution in [1.29, 1.82) is 0 Å². The molecule has 166 valence electrons. The molecule has 9 nitrogen and oxygen atoms in total. The molecule has 1 saturated heterocycles. The van der Waals surface area contributed by atoms with E-state index in [1.54, 1.807) is 0 Å². The highest BCUT2D eigenvalue weighted by Crippen LogP contribution is 2.30. The lowest BCUT2D eigenvalue weighted by Gasteiger charge is -2.27. The minimum absolute atomic E-state index is 0.0670. The first-order chi connectivity index (χ1) is 13.8. The fourth-order valence-electron chi connectivity index (χ4n) is 2.08. The molecule has 30 heavy (non-hydrogen) atoms. The van der Waals surface area contributed by atoms with E-state index in [1.807, 2.05) is 0 Å². The third-order valence-electron chi connectivity index (χ3n) is 3.48. The van der Waals surface area contributed by atoms with Crippen molar-refractivity contribution in [2.24, 2.45) is 0 Å². The second-order valence-corrected chi connectivity index (χ2v) is 5.82. The minimum Gasteiger partial charge on any atom is -0.475 e. The molecule has 1 aliphatic heterocycles. The van der Waals surface area contributed by atoms with Crippen LogP contribution >= 0.6 is 0 Å².